The van der Waals surface area contributed by atoms with E-state index in [1.54, 1.807) is 24.3 Å². The van der Waals surface area contributed by atoms with Crippen LogP contribution in [0.3, 0.4) is 0 Å². The molecule has 0 saturated heterocycles. The van der Waals surface area contributed by atoms with Gasteiger partial charge in [0, 0.05) is 11.1 Å². The molecule has 0 amide bonds. The van der Waals surface area contributed by atoms with Gasteiger partial charge in [0.05, 0.1) is 12.0 Å². The van der Waals surface area contributed by atoms with E-state index in [1.165, 1.54) is 6.92 Å². The summed E-state index contributed by atoms with van der Waals surface area (Å²) >= 11 is 5.60. The van der Waals surface area contributed by atoms with E-state index in [2.05, 4.69) is 10.4 Å². The molecule has 3 aromatic rings. The number of halogens is 4. The molecule has 0 atom stereocenters. The summed E-state index contributed by atoms with van der Waals surface area (Å²) in [4.78, 5) is 15.7. The van der Waals surface area contributed by atoms with Crippen LogP contribution in [0.5, 0.6) is 17.5 Å². The standard InChI is InChI=1S/C21H19ClF3N3O4/c1-11-3-5-13(6-4-11)32-17(29)10-7-14-12(2)19(30)28(20(14)31)27-16-9-8-15(18(22)26-16)21(23,24)25/h3-6,8-9,30-31H,7,10H2,1-2H3,(H,26,27). The first-order chi connectivity index (χ1) is 15.0. The average Bonchev–Trinajstić information content (AvgIpc) is 2.90. The van der Waals surface area contributed by atoms with Gasteiger partial charge in [0.1, 0.15) is 16.7 Å². The lowest BCUT2D eigenvalue weighted by Crippen LogP contribution is -2.12. The van der Waals surface area contributed by atoms with Crippen molar-refractivity contribution < 1.29 is 32.9 Å². The Morgan fingerprint density at radius 2 is 1.78 bits per heavy atom. The molecule has 170 valence electrons. The lowest BCUT2D eigenvalue weighted by atomic mass is 10.1. The van der Waals surface area contributed by atoms with E-state index in [0.29, 0.717) is 5.75 Å². The lowest BCUT2D eigenvalue weighted by molar-refractivity contribution is -0.137. The van der Waals surface area contributed by atoms with Crippen molar-refractivity contribution in [2.24, 2.45) is 0 Å². The van der Waals surface area contributed by atoms with Crippen LogP contribution in [0.2, 0.25) is 5.15 Å². The summed E-state index contributed by atoms with van der Waals surface area (Å²) in [5.74, 6) is -1.13. The molecule has 1 aromatic carbocycles. The van der Waals surface area contributed by atoms with Crippen molar-refractivity contribution in [2.45, 2.75) is 32.9 Å². The van der Waals surface area contributed by atoms with Crippen LogP contribution in [-0.4, -0.2) is 25.8 Å². The normalized spacial score (nSPS) is 11.4. The summed E-state index contributed by atoms with van der Waals surface area (Å²) in [5.41, 5.74) is 2.92. The monoisotopic (exact) mass is 469 g/mol. The van der Waals surface area contributed by atoms with Gasteiger partial charge in [-0.25, -0.2) is 4.98 Å². The molecule has 2 heterocycles. The molecular weight excluding hydrogens is 451 g/mol. The van der Waals surface area contributed by atoms with Crippen molar-refractivity contribution in [1.82, 2.24) is 9.66 Å². The van der Waals surface area contributed by atoms with E-state index >= 15 is 0 Å². The Bertz CT molecular complexity index is 1140. The van der Waals surface area contributed by atoms with Crippen molar-refractivity contribution >= 4 is 23.4 Å². The average molecular weight is 470 g/mol. The van der Waals surface area contributed by atoms with Gasteiger partial charge in [-0.15, -0.1) is 0 Å². The second kappa shape index (κ2) is 8.99. The second-order valence-electron chi connectivity index (χ2n) is 7.02. The number of pyridine rings is 1. The zero-order chi connectivity index (χ0) is 23.6. The molecule has 0 fully saturated rings. The molecule has 0 unspecified atom stereocenters. The zero-order valence-corrected chi connectivity index (χ0v) is 17.8. The highest BCUT2D eigenvalue weighted by Gasteiger charge is 2.34. The van der Waals surface area contributed by atoms with Crippen LogP contribution in [0.25, 0.3) is 0 Å². The third-order valence-electron chi connectivity index (χ3n) is 4.69. The number of hydrogen-bond donors (Lipinski definition) is 3. The van der Waals surface area contributed by atoms with E-state index < -0.39 is 34.6 Å². The van der Waals surface area contributed by atoms with Crippen molar-refractivity contribution in [1.29, 1.82) is 0 Å². The number of alkyl halides is 3. The number of carbonyl (C=O) groups is 1. The number of esters is 1. The quantitative estimate of drug-likeness (QED) is 0.267. The molecule has 32 heavy (non-hydrogen) atoms. The number of rotatable bonds is 6. The first-order valence-electron chi connectivity index (χ1n) is 9.37. The molecule has 0 radical (unpaired) electrons. The molecular formula is C21H19ClF3N3O4. The molecule has 0 saturated carbocycles. The van der Waals surface area contributed by atoms with Gasteiger partial charge in [-0.1, -0.05) is 29.3 Å². The van der Waals surface area contributed by atoms with Gasteiger partial charge in [0.15, 0.2) is 0 Å². The van der Waals surface area contributed by atoms with Gasteiger partial charge in [-0.2, -0.15) is 17.8 Å². The molecule has 2 aromatic heterocycles. The summed E-state index contributed by atoms with van der Waals surface area (Å²) < 4.78 is 44.6. The first-order valence-corrected chi connectivity index (χ1v) is 9.75. The number of anilines is 1. The minimum absolute atomic E-state index is 0.0474. The maximum absolute atomic E-state index is 12.8. The first kappa shape index (κ1) is 23.3. The van der Waals surface area contributed by atoms with Crippen LogP contribution in [0, 0.1) is 13.8 Å². The predicted molar refractivity (Wildman–Crippen MR) is 111 cm³/mol. The molecule has 11 heteroatoms. The number of hydrogen-bond acceptors (Lipinski definition) is 6. The van der Waals surface area contributed by atoms with E-state index in [4.69, 9.17) is 16.3 Å². The Morgan fingerprint density at radius 3 is 2.38 bits per heavy atom. The van der Waals surface area contributed by atoms with Gasteiger partial charge in [0.2, 0.25) is 11.8 Å². The topological polar surface area (TPSA) is 96.6 Å². The molecule has 0 bridgehead atoms. The SMILES string of the molecule is Cc1ccc(OC(=O)CCc2c(C)c(O)n(Nc3ccc(C(F)(F)F)c(Cl)n3)c2O)cc1. The van der Waals surface area contributed by atoms with Gasteiger partial charge in [-0.3, -0.25) is 10.2 Å². The molecule has 3 N–H and O–H groups in total. The number of aryl methyl sites for hydroxylation is 1. The van der Waals surface area contributed by atoms with Crippen molar-refractivity contribution in [3.05, 3.63) is 63.8 Å². The number of aromatic hydroxyl groups is 2. The van der Waals surface area contributed by atoms with Crippen molar-refractivity contribution in [2.75, 3.05) is 5.43 Å². The van der Waals surface area contributed by atoms with Crippen molar-refractivity contribution in [3.63, 3.8) is 0 Å². The van der Waals surface area contributed by atoms with Crippen LogP contribution in [0.15, 0.2) is 36.4 Å². The molecule has 7 nitrogen and oxygen atoms in total. The highest BCUT2D eigenvalue weighted by molar-refractivity contribution is 6.30. The summed E-state index contributed by atoms with van der Waals surface area (Å²) in [5, 5.41) is 20.0. The largest absolute Gasteiger partial charge is 0.493 e. The summed E-state index contributed by atoms with van der Waals surface area (Å²) in [6.45, 7) is 3.41. The Hall–Kier alpha value is -3.40. The number of ether oxygens (including phenoxy) is 1. The fraction of sp³-hybridized carbons (Fsp3) is 0.238. The zero-order valence-electron chi connectivity index (χ0n) is 17.0. The number of benzene rings is 1. The van der Waals surface area contributed by atoms with Gasteiger partial charge < -0.3 is 14.9 Å². The van der Waals surface area contributed by atoms with E-state index in [0.717, 1.165) is 22.4 Å². The van der Waals surface area contributed by atoms with Gasteiger partial charge in [-0.05, 0) is 44.5 Å². The fourth-order valence-electron chi connectivity index (χ4n) is 2.95. The number of carbonyl (C=O) groups excluding carboxylic acids is 1. The van der Waals surface area contributed by atoms with Gasteiger partial charge in [0.25, 0.3) is 0 Å². The molecule has 3 rings (SSSR count). The Balaban J connectivity index is 1.73. The predicted octanol–water partition coefficient (Wildman–Crippen LogP) is 5.00. The van der Waals surface area contributed by atoms with Crippen LogP contribution in [-0.2, 0) is 17.4 Å². The Morgan fingerprint density at radius 1 is 1.12 bits per heavy atom. The second-order valence-corrected chi connectivity index (χ2v) is 7.38. The third kappa shape index (κ3) is 5.08. The minimum Gasteiger partial charge on any atom is -0.493 e. The van der Waals surface area contributed by atoms with Crippen molar-refractivity contribution in [3.8, 4) is 17.5 Å². The Labute approximate surface area is 186 Å². The molecule has 0 spiro atoms. The lowest BCUT2D eigenvalue weighted by Gasteiger charge is -2.12. The van der Waals surface area contributed by atoms with E-state index in [1.807, 2.05) is 6.92 Å². The Kier molecular flexibility index (Phi) is 6.54. The number of nitrogens with zero attached hydrogens (tertiary/aromatic N) is 2. The fourth-order valence-corrected chi connectivity index (χ4v) is 3.21. The number of aromatic nitrogens is 2. The number of nitrogens with one attached hydrogen (secondary N) is 1. The smallest absolute Gasteiger partial charge is 0.419 e. The summed E-state index contributed by atoms with van der Waals surface area (Å²) in [6.07, 6.45) is -4.71. The molecule has 0 aliphatic heterocycles. The summed E-state index contributed by atoms with van der Waals surface area (Å²) in [6, 6.07) is 8.63. The molecule has 0 aliphatic carbocycles. The van der Waals surface area contributed by atoms with Gasteiger partial charge >= 0.3 is 12.1 Å². The third-order valence-corrected chi connectivity index (χ3v) is 4.98. The van der Waals surface area contributed by atoms with Crippen LogP contribution in [0.4, 0.5) is 19.0 Å². The minimum atomic E-state index is -4.67. The van der Waals surface area contributed by atoms with Crippen LogP contribution >= 0.6 is 11.6 Å². The molecule has 0 aliphatic rings. The maximum atomic E-state index is 12.8. The highest BCUT2D eigenvalue weighted by Crippen LogP contribution is 2.36. The van der Waals surface area contributed by atoms with E-state index in [9.17, 15) is 28.2 Å². The summed E-state index contributed by atoms with van der Waals surface area (Å²) in [7, 11) is 0. The highest BCUT2D eigenvalue weighted by atomic mass is 35.5. The van der Waals surface area contributed by atoms with E-state index in [-0.39, 0.29) is 29.8 Å². The maximum Gasteiger partial charge on any atom is 0.419 e. The van der Waals surface area contributed by atoms with Crippen LogP contribution in [0.1, 0.15) is 28.7 Å². The van der Waals surface area contributed by atoms with Crippen LogP contribution < -0.4 is 10.2 Å².